The van der Waals surface area contributed by atoms with Gasteiger partial charge in [-0.2, -0.15) is 0 Å². The highest BCUT2D eigenvalue weighted by atomic mass is 32.2. The zero-order chi connectivity index (χ0) is 19.4. The number of nitrogens with zero attached hydrogens (tertiary/aromatic N) is 2. The molecule has 0 unspecified atom stereocenters. The number of fused-ring (bicyclic) bond motifs is 1. The zero-order valence-electron chi connectivity index (χ0n) is 14.7. The number of hydrogen-bond donors (Lipinski definition) is 0. The van der Waals surface area contributed by atoms with Gasteiger partial charge in [-0.1, -0.05) is 24.3 Å². The van der Waals surface area contributed by atoms with Crippen molar-refractivity contribution in [2.24, 2.45) is 0 Å². The van der Waals surface area contributed by atoms with E-state index in [1.165, 1.54) is 22.6 Å². The first-order chi connectivity index (χ1) is 12.9. The highest BCUT2D eigenvalue weighted by molar-refractivity contribution is 7.91. The lowest BCUT2D eigenvalue weighted by Crippen LogP contribution is -2.18. The molecular formula is C19H18N2O5S. The summed E-state index contributed by atoms with van der Waals surface area (Å²) in [5, 5.41) is 0. The SMILES string of the molecule is Cc1cccn2c(=O)cc(COC(=O)CCS(=O)(=O)c3ccccc3)nc12. The fourth-order valence-electron chi connectivity index (χ4n) is 2.57. The quantitative estimate of drug-likeness (QED) is 0.601. The van der Waals surface area contributed by atoms with E-state index in [9.17, 15) is 18.0 Å². The first-order valence-electron chi connectivity index (χ1n) is 8.28. The molecule has 0 saturated heterocycles. The van der Waals surface area contributed by atoms with Crippen molar-refractivity contribution in [3.63, 3.8) is 0 Å². The predicted octanol–water partition coefficient (Wildman–Crippen LogP) is 1.91. The fraction of sp³-hybridized carbons (Fsp3) is 0.211. The highest BCUT2D eigenvalue weighted by Gasteiger charge is 2.17. The number of aryl methyl sites for hydroxylation is 1. The second-order valence-electron chi connectivity index (χ2n) is 6.01. The predicted molar refractivity (Wildman–Crippen MR) is 99.1 cm³/mol. The van der Waals surface area contributed by atoms with Crippen molar-refractivity contribution in [1.82, 2.24) is 9.38 Å². The number of rotatable bonds is 6. The molecule has 0 radical (unpaired) electrons. The standard InChI is InChI=1S/C19H18N2O5S/c1-14-6-5-10-21-17(22)12-15(20-19(14)21)13-26-18(23)9-11-27(24,25)16-7-3-2-4-8-16/h2-8,10,12H,9,11,13H2,1H3. The van der Waals surface area contributed by atoms with Crippen molar-refractivity contribution in [3.05, 3.63) is 76.3 Å². The van der Waals surface area contributed by atoms with Gasteiger partial charge < -0.3 is 4.74 Å². The number of carbonyl (C=O) groups is 1. The smallest absolute Gasteiger partial charge is 0.307 e. The lowest BCUT2D eigenvalue weighted by molar-refractivity contribution is -0.144. The molecule has 1 aromatic carbocycles. The summed E-state index contributed by atoms with van der Waals surface area (Å²) in [5.41, 5.74) is 1.34. The molecule has 7 nitrogen and oxygen atoms in total. The molecule has 3 rings (SSSR count). The third-order valence-corrected chi connectivity index (χ3v) is 5.73. The van der Waals surface area contributed by atoms with Crippen molar-refractivity contribution in [2.45, 2.75) is 24.8 Å². The Morgan fingerprint density at radius 3 is 2.63 bits per heavy atom. The third kappa shape index (κ3) is 4.40. The van der Waals surface area contributed by atoms with Crippen molar-refractivity contribution < 1.29 is 17.9 Å². The molecule has 0 amide bonds. The molecule has 0 aliphatic rings. The van der Waals surface area contributed by atoms with Gasteiger partial charge in [-0.05, 0) is 30.7 Å². The summed E-state index contributed by atoms with van der Waals surface area (Å²) in [6.45, 7) is 1.64. The van der Waals surface area contributed by atoms with Crippen LogP contribution >= 0.6 is 0 Å². The Balaban J connectivity index is 1.64. The summed E-state index contributed by atoms with van der Waals surface area (Å²) in [5.74, 6) is -1.01. The molecular weight excluding hydrogens is 368 g/mol. The van der Waals surface area contributed by atoms with Crippen LogP contribution in [0, 0.1) is 6.92 Å². The van der Waals surface area contributed by atoms with Gasteiger partial charge in [-0.25, -0.2) is 13.4 Å². The van der Waals surface area contributed by atoms with E-state index in [1.54, 1.807) is 30.5 Å². The minimum Gasteiger partial charge on any atom is -0.459 e. The van der Waals surface area contributed by atoms with Gasteiger partial charge in [0.1, 0.15) is 12.3 Å². The lowest BCUT2D eigenvalue weighted by atomic mass is 10.3. The fourth-order valence-corrected chi connectivity index (χ4v) is 3.82. The van der Waals surface area contributed by atoms with Gasteiger partial charge in [0.2, 0.25) is 0 Å². The number of sulfone groups is 1. The van der Waals surface area contributed by atoms with Crippen molar-refractivity contribution >= 4 is 21.5 Å². The van der Waals surface area contributed by atoms with E-state index in [0.29, 0.717) is 11.3 Å². The van der Waals surface area contributed by atoms with E-state index in [4.69, 9.17) is 4.74 Å². The molecule has 2 aromatic heterocycles. The zero-order valence-corrected chi connectivity index (χ0v) is 15.5. The molecule has 0 aliphatic heterocycles. The van der Waals surface area contributed by atoms with E-state index in [0.717, 1.165) is 5.56 Å². The van der Waals surface area contributed by atoms with Crippen LogP contribution in [0.15, 0.2) is 64.4 Å². The molecule has 8 heteroatoms. The van der Waals surface area contributed by atoms with Gasteiger partial charge in [0, 0.05) is 12.3 Å². The number of carbonyl (C=O) groups excluding carboxylic acids is 1. The summed E-state index contributed by atoms with van der Waals surface area (Å²) in [4.78, 5) is 28.5. The maximum absolute atomic E-state index is 12.2. The van der Waals surface area contributed by atoms with E-state index in [2.05, 4.69) is 4.98 Å². The number of benzene rings is 1. The van der Waals surface area contributed by atoms with Crippen molar-refractivity contribution in [3.8, 4) is 0 Å². The largest absolute Gasteiger partial charge is 0.459 e. The Bertz CT molecular complexity index is 1140. The first kappa shape index (κ1) is 18.8. The van der Waals surface area contributed by atoms with Crippen LogP contribution in [-0.4, -0.2) is 29.5 Å². The van der Waals surface area contributed by atoms with Crippen LogP contribution in [0.3, 0.4) is 0 Å². The Labute approximate surface area is 156 Å². The van der Waals surface area contributed by atoms with Crippen molar-refractivity contribution in [2.75, 3.05) is 5.75 Å². The molecule has 0 saturated carbocycles. The summed E-state index contributed by atoms with van der Waals surface area (Å²) in [6.07, 6.45) is 1.34. The minimum absolute atomic E-state index is 0.164. The summed E-state index contributed by atoms with van der Waals surface area (Å²) < 4.78 is 30.8. The normalized spacial score (nSPS) is 11.4. The van der Waals surface area contributed by atoms with Gasteiger partial charge >= 0.3 is 5.97 Å². The van der Waals surface area contributed by atoms with Crippen LogP contribution in [0.5, 0.6) is 0 Å². The highest BCUT2D eigenvalue weighted by Crippen LogP contribution is 2.12. The number of ether oxygens (including phenoxy) is 1. The van der Waals surface area contributed by atoms with Crippen LogP contribution in [0.4, 0.5) is 0 Å². The van der Waals surface area contributed by atoms with Crippen molar-refractivity contribution in [1.29, 1.82) is 0 Å². The van der Waals surface area contributed by atoms with E-state index in [-0.39, 0.29) is 29.2 Å². The third-order valence-electron chi connectivity index (χ3n) is 4.00. The van der Waals surface area contributed by atoms with Gasteiger partial charge in [-0.15, -0.1) is 0 Å². The molecule has 27 heavy (non-hydrogen) atoms. The molecule has 0 atom stereocenters. The molecule has 140 valence electrons. The lowest BCUT2D eigenvalue weighted by Gasteiger charge is -2.08. The van der Waals surface area contributed by atoms with Gasteiger partial charge in [-0.3, -0.25) is 14.0 Å². The van der Waals surface area contributed by atoms with Gasteiger partial charge in [0.15, 0.2) is 9.84 Å². The van der Waals surface area contributed by atoms with Crippen LogP contribution < -0.4 is 5.56 Å². The van der Waals surface area contributed by atoms with Gasteiger partial charge in [0.25, 0.3) is 5.56 Å². The van der Waals surface area contributed by atoms with Crippen LogP contribution in [0.25, 0.3) is 5.65 Å². The van der Waals surface area contributed by atoms with Crippen LogP contribution in [-0.2, 0) is 26.0 Å². The summed E-state index contributed by atoms with van der Waals surface area (Å²) in [6, 6.07) is 12.8. The Hall–Kier alpha value is -3.00. The minimum atomic E-state index is -3.55. The maximum atomic E-state index is 12.2. The molecule has 0 bridgehead atoms. The van der Waals surface area contributed by atoms with Crippen LogP contribution in [0.1, 0.15) is 17.7 Å². The Morgan fingerprint density at radius 1 is 1.15 bits per heavy atom. The molecule has 3 aromatic rings. The Kier molecular flexibility index (Phi) is 5.36. The topological polar surface area (TPSA) is 94.8 Å². The van der Waals surface area contributed by atoms with E-state index in [1.807, 2.05) is 13.0 Å². The molecule has 0 spiro atoms. The average Bonchev–Trinajstić information content (AvgIpc) is 2.66. The second kappa shape index (κ2) is 7.71. The molecule has 0 N–H and O–H groups in total. The van der Waals surface area contributed by atoms with Crippen LogP contribution in [0.2, 0.25) is 0 Å². The average molecular weight is 386 g/mol. The summed E-state index contributed by atoms with van der Waals surface area (Å²) in [7, 11) is -3.55. The Morgan fingerprint density at radius 2 is 1.89 bits per heavy atom. The van der Waals surface area contributed by atoms with Gasteiger partial charge in [0.05, 0.1) is 22.8 Å². The first-order valence-corrected chi connectivity index (χ1v) is 9.93. The molecule has 2 heterocycles. The molecule has 0 aliphatic carbocycles. The number of pyridine rings is 1. The van der Waals surface area contributed by atoms with E-state index >= 15 is 0 Å². The van der Waals surface area contributed by atoms with E-state index < -0.39 is 15.8 Å². The molecule has 0 fully saturated rings. The second-order valence-corrected chi connectivity index (χ2v) is 8.12. The number of esters is 1. The number of aromatic nitrogens is 2. The number of hydrogen-bond acceptors (Lipinski definition) is 6. The maximum Gasteiger partial charge on any atom is 0.307 e. The monoisotopic (exact) mass is 386 g/mol. The summed E-state index contributed by atoms with van der Waals surface area (Å²) >= 11 is 0.